The molecule has 0 amide bonds. The predicted molar refractivity (Wildman–Crippen MR) is 88.2 cm³/mol. The molecule has 0 aromatic heterocycles. The lowest BCUT2D eigenvalue weighted by molar-refractivity contribution is 0.242. The van der Waals surface area contributed by atoms with Crippen LogP contribution in [-0.2, 0) is 12.8 Å². The van der Waals surface area contributed by atoms with Crippen molar-refractivity contribution in [3.05, 3.63) is 16.7 Å². The van der Waals surface area contributed by atoms with E-state index < -0.39 is 0 Å². The maximum Gasteiger partial charge on any atom is 0.165 e. The summed E-state index contributed by atoms with van der Waals surface area (Å²) in [4.78, 5) is 2.37. The van der Waals surface area contributed by atoms with Gasteiger partial charge in [0, 0.05) is 42.1 Å². The molecule has 3 aliphatic heterocycles. The van der Waals surface area contributed by atoms with Crippen molar-refractivity contribution in [1.29, 1.82) is 0 Å². The van der Waals surface area contributed by atoms with Gasteiger partial charge >= 0.3 is 0 Å². The Labute approximate surface area is 137 Å². The standard InChI is InChI=1S/C18H26N2O3/c1-9-4-12-15(14-6-11(7-19)8-20(14)3)17-13(5-10(2)22-17)16(21)18(12)23-9/h9-11,14,21H,4-8,19H2,1-3H3. The van der Waals surface area contributed by atoms with E-state index in [1.54, 1.807) is 0 Å². The van der Waals surface area contributed by atoms with Crippen LogP contribution in [0, 0.1) is 5.92 Å². The number of fused-ring (bicyclic) bond motifs is 2. The number of aromatic hydroxyl groups is 1. The number of nitrogens with two attached hydrogens (primary N) is 1. The van der Waals surface area contributed by atoms with Gasteiger partial charge < -0.3 is 20.3 Å². The third-order valence-corrected chi connectivity index (χ3v) is 5.54. The second-order valence-electron chi connectivity index (χ2n) is 7.44. The molecule has 1 aromatic carbocycles. The molecule has 3 aliphatic rings. The van der Waals surface area contributed by atoms with Crippen LogP contribution in [0.2, 0.25) is 0 Å². The summed E-state index contributed by atoms with van der Waals surface area (Å²) < 4.78 is 12.1. The summed E-state index contributed by atoms with van der Waals surface area (Å²) in [6.45, 7) is 5.84. The lowest BCUT2D eigenvalue weighted by atomic mass is 9.90. The summed E-state index contributed by atoms with van der Waals surface area (Å²) in [5, 5.41) is 10.7. The van der Waals surface area contributed by atoms with Gasteiger partial charge in [0.25, 0.3) is 0 Å². The molecule has 5 heteroatoms. The van der Waals surface area contributed by atoms with E-state index in [1.807, 2.05) is 0 Å². The summed E-state index contributed by atoms with van der Waals surface area (Å²) in [6.07, 6.45) is 2.83. The van der Waals surface area contributed by atoms with Gasteiger partial charge in [0.05, 0.1) is 0 Å². The van der Waals surface area contributed by atoms with Crippen LogP contribution in [0.15, 0.2) is 0 Å². The average molecular weight is 318 g/mol. The second-order valence-corrected chi connectivity index (χ2v) is 7.44. The van der Waals surface area contributed by atoms with Crippen LogP contribution in [-0.4, -0.2) is 42.4 Å². The first kappa shape index (κ1) is 15.1. The van der Waals surface area contributed by atoms with E-state index in [1.165, 1.54) is 5.56 Å². The van der Waals surface area contributed by atoms with Gasteiger partial charge in [0.1, 0.15) is 18.0 Å². The summed E-state index contributed by atoms with van der Waals surface area (Å²) in [5.41, 5.74) is 9.20. The lowest BCUT2D eigenvalue weighted by Gasteiger charge is -2.25. The normalized spacial score (nSPS) is 32.5. The quantitative estimate of drug-likeness (QED) is 0.873. The van der Waals surface area contributed by atoms with Crippen molar-refractivity contribution in [3.63, 3.8) is 0 Å². The number of phenolic OH excluding ortho intramolecular Hbond substituents is 1. The maximum absolute atomic E-state index is 10.7. The highest BCUT2D eigenvalue weighted by molar-refractivity contribution is 5.66. The van der Waals surface area contributed by atoms with Gasteiger partial charge in [-0.1, -0.05) is 0 Å². The van der Waals surface area contributed by atoms with E-state index in [-0.39, 0.29) is 12.2 Å². The van der Waals surface area contributed by atoms with Gasteiger partial charge in [0.2, 0.25) is 0 Å². The third-order valence-electron chi connectivity index (χ3n) is 5.54. The van der Waals surface area contributed by atoms with E-state index in [0.717, 1.165) is 42.7 Å². The molecule has 126 valence electrons. The van der Waals surface area contributed by atoms with E-state index >= 15 is 0 Å². The molecule has 3 heterocycles. The Bertz CT molecular complexity index is 607. The molecule has 23 heavy (non-hydrogen) atoms. The highest BCUT2D eigenvalue weighted by Crippen LogP contribution is 2.54. The summed E-state index contributed by atoms with van der Waals surface area (Å²) in [6, 6.07) is 0.297. The van der Waals surface area contributed by atoms with Gasteiger partial charge in [-0.15, -0.1) is 0 Å². The Kier molecular flexibility index (Phi) is 3.46. The smallest absolute Gasteiger partial charge is 0.165 e. The zero-order valence-electron chi connectivity index (χ0n) is 14.1. The largest absolute Gasteiger partial charge is 0.504 e. The molecule has 0 bridgehead atoms. The van der Waals surface area contributed by atoms with E-state index in [9.17, 15) is 5.11 Å². The van der Waals surface area contributed by atoms with Crippen LogP contribution in [0.5, 0.6) is 17.2 Å². The highest BCUT2D eigenvalue weighted by atomic mass is 16.5. The SMILES string of the molecule is CC1Cc2c(c(O)c3c(c2C2CC(CN)CN2C)OC(C)C3)O1. The molecule has 5 nitrogen and oxygen atoms in total. The average Bonchev–Trinajstić information content (AvgIpc) is 3.17. The number of benzene rings is 1. The molecule has 3 N–H and O–H groups in total. The van der Waals surface area contributed by atoms with Crippen molar-refractivity contribution < 1.29 is 14.6 Å². The number of nitrogens with zero attached hydrogens (tertiary/aromatic N) is 1. The van der Waals surface area contributed by atoms with Crippen LogP contribution in [0.3, 0.4) is 0 Å². The van der Waals surface area contributed by atoms with Crippen molar-refractivity contribution in [2.45, 2.75) is 51.4 Å². The molecule has 4 rings (SSSR count). The number of phenols is 1. The monoisotopic (exact) mass is 318 g/mol. The molecule has 0 spiro atoms. The zero-order chi connectivity index (χ0) is 16.3. The first-order valence-electron chi connectivity index (χ1n) is 8.63. The molecular formula is C18H26N2O3. The topological polar surface area (TPSA) is 68.0 Å². The summed E-state index contributed by atoms with van der Waals surface area (Å²) in [5.74, 6) is 2.40. The van der Waals surface area contributed by atoms with Gasteiger partial charge in [-0.05, 0) is 39.8 Å². The minimum Gasteiger partial charge on any atom is -0.504 e. The Balaban J connectivity index is 1.87. The fourth-order valence-electron chi connectivity index (χ4n) is 4.49. The Morgan fingerprint density at radius 1 is 1.13 bits per heavy atom. The molecule has 1 saturated heterocycles. The van der Waals surface area contributed by atoms with Crippen molar-refractivity contribution in [2.24, 2.45) is 11.7 Å². The molecule has 4 unspecified atom stereocenters. The second kappa shape index (κ2) is 5.28. The number of hydrogen-bond donors (Lipinski definition) is 2. The molecular weight excluding hydrogens is 292 g/mol. The van der Waals surface area contributed by atoms with Crippen molar-refractivity contribution in [3.8, 4) is 17.2 Å². The maximum atomic E-state index is 10.7. The van der Waals surface area contributed by atoms with Crippen LogP contribution < -0.4 is 15.2 Å². The predicted octanol–water partition coefficient (Wildman–Crippen LogP) is 1.99. The molecule has 1 aromatic rings. The minimum atomic E-state index is 0.103. The van der Waals surface area contributed by atoms with E-state index in [2.05, 4.69) is 25.8 Å². The van der Waals surface area contributed by atoms with E-state index in [4.69, 9.17) is 15.2 Å². The number of rotatable bonds is 2. The van der Waals surface area contributed by atoms with Gasteiger partial charge in [-0.3, -0.25) is 4.90 Å². The Morgan fingerprint density at radius 3 is 2.43 bits per heavy atom. The van der Waals surface area contributed by atoms with E-state index in [0.29, 0.717) is 30.0 Å². The highest BCUT2D eigenvalue weighted by Gasteiger charge is 2.41. The van der Waals surface area contributed by atoms with Gasteiger partial charge in [-0.2, -0.15) is 0 Å². The first-order valence-corrected chi connectivity index (χ1v) is 8.63. The first-order chi connectivity index (χ1) is 11.0. The van der Waals surface area contributed by atoms with Gasteiger partial charge in [0.15, 0.2) is 11.5 Å². The fourth-order valence-corrected chi connectivity index (χ4v) is 4.49. The molecule has 4 atom stereocenters. The third kappa shape index (κ3) is 2.21. The zero-order valence-corrected chi connectivity index (χ0v) is 14.1. The summed E-state index contributed by atoms with van der Waals surface area (Å²) >= 11 is 0. The van der Waals surface area contributed by atoms with Crippen LogP contribution in [0.4, 0.5) is 0 Å². The van der Waals surface area contributed by atoms with Crippen LogP contribution >= 0.6 is 0 Å². The van der Waals surface area contributed by atoms with Crippen LogP contribution in [0.1, 0.15) is 43.0 Å². The fraction of sp³-hybridized carbons (Fsp3) is 0.667. The number of likely N-dealkylation sites (tertiary alicyclic amines) is 1. The molecule has 0 aliphatic carbocycles. The van der Waals surface area contributed by atoms with Gasteiger partial charge in [-0.25, -0.2) is 0 Å². The number of ether oxygens (including phenoxy) is 2. The Morgan fingerprint density at radius 2 is 1.78 bits per heavy atom. The Hall–Kier alpha value is -1.46. The summed E-state index contributed by atoms with van der Waals surface area (Å²) in [7, 11) is 2.16. The lowest BCUT2D eigenvalue weighted by Crippen LogP contribution is -2.21. The number of hydrogen-bond acceptors (Lipinski definition) is 5. The molecule has 1 fully saturated rings. The minimum absolute atomic E-state index is 0.103. The van der Waals surface area contributed by atoms with Crippen LogP contribution in [0.25, 0.3) is 0 Å². The molecule has 0 radical (unpaired) electrons. The molecule has 0 saturated carbocycles. The van der Waals surface area contributed by atoms with Crippen molar-refractivity contribution in [1.82, 2.24) is 4.90 Å². The van der Waals surface area contributed by atoms with Crippen molar-refractivity contribution in [2.75, 3.05) is 20.1 Å². The van der Waals surface area contributed by atoms with Crippen molar-refractivity contribution >= 4 is 0 Å².